The number of carbonyl (C=O) groups is 1. The first-order valence-corrected chi connectivity index (χ1v) is 6.30. The number of aromatic hydroxyl groups is 1. The average molecular weight is 284 g/mol. The number of hydrogen-bond acceptors (Lipinski definition) is 6. The van der Waals surface area contributed by atoms with Crippen molar-refractivity contribution in [3.63, 3.8) is 0 Å². The van der Waals surface area contributed by atoms with Crippen molar-refractivity contribution in [2.24, 2.45) is 0 Å². The number of aryl methyl sites for hydroxylation is 1. The third kappa shape index (κ3) is 4.71. The second-order valence-electron chi connectivity index (χ2n) is 4.02. The molecule has 0 saturated carbocycles. The number of rotatable bonds is 8. The maximum absolute atomic E-state index is 11.7. The van der Waals surface area contributed by atoms with Gasteiger partial charge in [-0.3, -0.25) is 0 Å². The van der Waals surface area contributed by atoms with Gasteiger partial charge < -0.3 is 24.1 Å². The van der Waals surface area contributed by atoms with Crippen LogP contribution in [0.2, 0.25) is 0 Å². The van der Waals surface area contributed by atoms with Crippen LogP contribution in [0.4, 0.5) is 0 Å². The van der Waals surface area contributed by atoms with E-state index < -0.39 is 5.97 Å². The molecule has 0 spiro atoms. The van der Waals surface area contributed by atoms with Crippen LogP contribution >= 0.6 is 0 Å². The monoisotopic (exact) mass is 284 g/mol. The summed E-state index contributed by atoms with van der Waals surface area (Å²) in [6, 6.07) is 3.00. The van der Waals surface area contributed by atoms with Crippen molar-refractivity contribution in [1.82, 2.24) is 0 Å². The van der Waals surface area contributed by atoms with E-state index in [0.29, 0.717) is 24.5 Å². The SMILES string of the molecule is CCOC(=O)c1c(C)cc(OCOCCOC)cc1O. The first-order chi connectivity index (χ1) is 9.60. The van der Waals surface area contributed by atoms with Gasteiger partial charge in [0.2, 0.25) is 0 Å². The lowest BCUT2D eigenvalue weighted by molar-refractivity contribution is -0.00856. The van der Waals surface area contributed by atoms with Gasteiger partial charge in [0.05, 0.1) is 19.8 Å². The van der Waals surface area contributed by atoms with Crippen LogP contribution in [0.5, 0.6) is 11.5 Å². The van der Waals surface area contributed by atoms with Crippen molar-refractivity contribution < 1.29 is 28.8 Å². The van der Waals surface area contributed by atoms with Gasteiger partial charge in [0.25, 0.3) is 0 Å². The Kier molecular flexibility index (Phi) is 6.83. The molecule has 1 N–H and O–H groups in total. The largest absolute Gasteiger partial charge is 0.507 e. The van der Waals surface area contributed by atoms with Crippen LogP contribution in [0.1, 0.15) is 22.8 Å². The fraction of sp³-hybridized carbons (Fsp3) is 0.500. The maximum atomic E-state index is 11.7. The summed E-state index contributed by atoms with van der Waals surface area (Å²) in [7, 11) is 1.58. The predicted octanol–water partition coefficient (Wildman–Crippen LogP) is 1.88. The van der Waals surface area contributed by atoms with Crippen molar-refractivity contribution in [3.05, 3.63) is 23.3 Å². The Morgan fingerprint density at radius 2 is 2.05 bits per heavy atom. The molecular formula is C14H20O6. The molecule has 0 fully saturated rings. The number of esters is 1. The van der Waals surface area contributed by atoms with E-state index in [9.17, 15) is 9.90 Å². The lowest BCUT2D eigenvalue weighted by Gasteiger charge is -2.11. The highest BCUT2D eigenvalue weighted by Gasteiger charge is 2.17. The molecule has 1 aromatic carbocycles. The minimum Gasteiger partial charge on any atom is -0.507 e. The summed E-state index contributed by atoms with van der Waals surface area (Å²) < 4.78 is 20.2. The van der Waals surface area contributed by atoms with Crippen LogP contribution < -0.4 is 4.74 Å². The minimum absolute atomic E-state index is 0.0427. The van der Waals surface area contributed by atoms with Gasteiger partial charge in [-0.2, -0.15) is 0 Å². The Morgan fingerprint density at radius 3 is 2.65 bits per heavy atom. The van der Waals surface area contributed by atoms with E-state index in [4.69, 9.17) is 18.9 Å². The highest BCUT2D eigenvalue weighted by atomic mass is 16.7. The second-order valence-corrected chi connectivity index (χ2v) is 4.02. The first kappa shape index (κ1) is 16.3. The van der Waals surface area contributed by atoms with Gasteiger partial charge in [-0.05, 0) is 25.5 Å². The van der Waals surface area contributed by atoms with Crippen molar-refractivity contribution >= 4 is 5.97 Å². The summed E-state index contributed by atoms with van der Waals surface area (Å²) in [5.41, 5.74) is 0.731. The molecule has 20 heavy (non-hydrogen) atoms. The normalized spacial score (nSPS) is 10.3. The average Bonchev–Trinajstić information content (AvgIpc) is 2.38. The zero-order chi connectivity index (χ0) is 15.0. The molecule has 0 amide bonds. The Labute approximate surface area is 118 Å². The molecule has 0 atom stereocenters. The standard InChI is InChI=1S/C14H20O6/c1-4-19-14(16)13-10(2)7-11(8-12(13)15)20-9-18-6-5-17-3/h7-8,15H,4-6,9H2,1-3H3. The van der Waals surface area contributed by atoms with Crippen LogP contribution in [0.15, 0.2) is 12.1 Å². The van der Waals surface area contributed by atoms with Crippen LogP contribution in [0.3, 0.4) is 0 Å². The smallest absolute Gasteiger partial charge is 0.342 e. The number of carbonyl (C=O) groups excluding carboxylic acids is 1. The number of ether oxygens (including phenoxy) is 4. The number of benzene rings is 1. The van der Waals surface area contributed by atoms with E-state index in [1.807, 2.05) is 0 Å². The summed E-state index contributed by atoms with van der Waals surface area (Å²) in [5.74, 6) is -0.300. The van der Waals surface area contributed by atoms with Crippen LogP contribution in [0, 0.1) is 6.92 Å². The van der Waals surface area contributed by atoms with Crippen LogP contribution in [-0.4, -0.2) is 44.8 Å². The van der Waals surface area contributed by atoms with Gasteiger partial charge in [0, 0.05) is 13.2 Å². The van der Waals surface area contributed by atoms with Crippen molar-refractivity contribution in [2.45, 2.75) is 13.8 Å². The van der Waals surface area contributed by atoms with Gasteiger partial charge in [-0.1, -0.05) is 0 Å². The van der Waals surface area contributed by atoms with Gasteiger partial charge in [0.1, 0.15) is 17.1 Å². The highest BCUT2D eigenvalue weighted by Crippen LogP contribution is 2.28. The summed E-state index contributed by atoms with van der Waals surface area (Å²) in [6.45, 7) is 4.60. The molecule has 0 saturated heterocycles. The van der Waals surface area contributed by atoms with Crippen molar-refractivity contribution in [1.29, 1.82) is 0 Å². The highest BCUT2D eigenvalue weighted by molar-refractivity contribution is 5.94. The molecule has 0 aromatic heterocycles. The first-order valence-electron chi connectivity index (χ1n) is 6.30. The topological polar surface area (TPSA) is 74.2 Å². The third-order valence-electron chi connectivity index (χ3n) is 2.51. The second kappa shape index (κ2) is 8.39. The van der Waals surface area contributed by atoms with Gasteiger partial charge in [-0.15, -0.1) is 0 Å². The van der Waals surface area contributed by atoms with E-state index >= 15 is 0 Å². The van der Waals surface area contributed by atoms with E-state index in [1.165, 1.54) is 6.07 Å². The summed E-state index contributed by atoms with van der Waals surface area (Å²) >= 11 is 0. The Bertz CT molecular complexity index is 420. The van der Waals surface area contributed by atoms with E-state index in [0.717, 1.165) is 0 Å². The summed E-state index contributed by atoms with van der Waals surface area (Å²) in [6.07, 6.45) is 0. The maximum Gasteiger partial charge on any atom is 0.342 e. The van der Waals surface area contributed by atoms with E-state index in [-0.39, 0.29) is 24.7 Å². The quantitative estimate of drug-likeness (QED) is 0.446. The molecule has 0 heterocycles. The molecule has 1 rings (SSSR count). The van der Waals surface area contributed by atoms with Crippen LogP contribution in [0.25, 0.3) is 0 Å². The fourth-order valence-electron chi connectivity index (χ4n) is 1.60. The molecule has 0 unspecified atom stereocenters. The van der Waals surface area contributed by atoms with Gasteiger partial charge in [0.15, 0.2) is 6.79 Å². The molecule has 6 heteroatoms. The summed E-state index contributed by atoms with van der Waals surface area (Å²) in [4.78, 5) is 11.7. The zero-order valence-corrected chi connectivity index (χ0v) is 12.0. The van der Waals surface area contributed by atoms with Gasteiger partial charge >= 0.3 is 5.97 Å². The molecule has 112 valence electrons. The molecular weight excluding hydrogens is 264 g/mol. The zero-order valence-electron chi connectivity index (χ0n) is 12.0. The fourth-order valence-corrected chi connectivity index (χ4v) is 1.60. The molecule has 0 radical (unpaired) electrons. The minimum atomic E-state index is -0.551. The lowest BCUT2D eigenvalue weighted by Crippen LogP contribution is -2.09. The molecule has 0 aliphatic heterocycles. The molecule has 0 aliphatic carbocycles. The number of methoxy groups -OCH3 is 1. The van der Waals surface area contributed by atoms with E-state index in [2.05, 4.69) is 0 Å². The number of phenolic OH excluding ortho intramolecular Hbond substituents is 1. The van der Waals surface area contributed by atoms with Crippen LogP contribution in [-0.2, 0) is 14.2 Å². The van der Waals surface area contributed by atoms with Crippen molar-refractivity contribution in [3.8, 4) is 11.5 Å². The Hall–Kier alpha value is -1.79. The van der Waals surface area contributed by atoms with Crippen molar-refractivity contribution in [2.75, 3.05) is 33.7 Å². The Balaban J connectivity index is 2.66. The van der Waals surface area contributed by atoms with Gasteiger partial charge in [-0.25, -0.2) is 4.79 Å². The molecule has 1 aromatic rings. The summed E-state index contributed by atoms with van der Waals surface area (Å²) in [5, 5.41) is 9.87. The lowest BCUT2D eigenvalue weighted by atomic mass is 10.1. The third-order valence-corrected chi connectivity index (χ3v) is 2.51. The molecule has 6 nitrogen and oxygen atoms in total. The predicted molar refractivity (Wildman–Crippen MR) is 72.1 cm³/mol. The Morgan fingerprint density at radius 1 is 1.30 bits per heavy atom. The molecule has 0 bridgehead atoms. The van der Waals surface area contributed by atoms with E-state index in [1.54, 1.807) is 27.0 Å². The molecule has 0 aliphatic rings. The number of phenols is 1. The number of hydrogen-bond donors (Lipinski definition) is 1.